The SMILES string of the molecule is O=C(NCc1ccc(Cl)cc1)c1nnc(CCc2ccccc2)o1. The monoisotopic (exact) mass is 341 g/mol. The van der Waals surface area contributed by atoms with E-state index in [4.69, 9.17) is 16.0 Å². The Morgan fingerprint density at radius 1 is 0.958 bits per heavy atom. The van der Waals surface area contributed by atoms with Gasteiger partial charge in [-0.25, -0.2) is 0 Å². The summed E-state index contributed by atoms with van der Waals surface area (Å²) in [6.45, 7) is 0.373. The molecule has 0 aliphatic rings. The smallest absolute Gasteiger partial charge is 0.309 e. The molecule has 1 amide bonds. The molecule has 122 valence electrons. The zero-order chi connectivity index (χ0) is 16.8. The van der Waals surface area contributed by atoms with Gasteiger partial charge in [0.25, 0.3) is 0 Å². The molecule has 0 radical (unpaired) electrons. The Kier molecular flexibility index (Phi) is 5.23. The lowest BCUT2D eigenvalue weighted by molar-refractivity contribution is 0.0914. The minimum atomic E-state index is -0.386. The lowest BCUT2D eigenvalue weighted by Crippen LogP contribution is -2.23. The van der Waals surface area contributed by atoms with E-state index in [1.807, 2.05) is 42.5 Å². The van der Waals surface area contributed by atoms with E-state index in [0.29, 0.717) is 23.9 Å². The number of rotatable bonds is 6. The van der Waals surface area contributed by atoms with Crippen molar-refractivity contribution in [2.24, 2.45) is 0 Å². The third-order valence-electron chi connectivity index (χ3n) is 3.50. The number of halogens is 1. The van der Waals surface area contributed by atoms with Crippen molar-refractivity contribution in [3.05, 3.63) is 82.5 Å². The molecule has 2 aromatic carbocycles. The van der Waals surface area contributed by atoms with E-state index in [-0.39, 0.29) is 11.8 Å². The summed E-state index contributed by atoms with van der Waals surface area (Å²) in [6.07, 6.45) is 1.39. The van der Waals surface area contributed by atoms with Crippen molar-refractivity contribution in [2.45, 2.75) is 19.4 Å². The highest BCUT2D eigenvalue weighted by molar-refractivity contribution is 6.30. The molecule has 0 unspecified atom stereocenters. The Morgan fingerprint density at radius 3 is 2.46 bits per heavy atom. The van der Waals surface area contributed by atoms with E-state index in [0.717, 1.165) is 12.0 Å². The molecule has 0 fully saturated rings. The highest BCUT2D eigenvalue weighted by Gasteiger charge is 2.14. The van der Waals surface area contributed by atoms with Crippen molar-refractivity contribution < 1.29 is 9.21 Å². The largest absolute Gasteiger partial charge is 0.417 e. The number of amides is 1. The molecule has 0 saturated heterocycles. The first-order chi connectivity index (χ1) is 11.7. The number of carbonyl (C=O) groups excluding carboxylic acids is 1. The summed E-state index contributed by atoms with van der Waals surface area (Å²) < 4.78 is 5.42. The summed E-state index contributed by atoms with van der Waals surface area (Å²) in [5.41, 5.74) is 2.13. The Bertz CT molecular complexity index is 801. The van der Waals surface area contributed by atoms with Gasteiger partial charge >= 0.3 is 11.8 Å². The van der Waals surface area contributed by atoms with Crippen LogP contribution >= 0.6 is 11.6 Å². The van der Waals surface area contributed by atoms with Crippen LogP contribution in [0.4, 0.5) is 0 Å². The molecule has 0 atom stereocenters. The third kappa shape index (κ3) is 4.43. The zero-order valence-corrected chi connectivity index (χ0v) is 13.7. The highest BCUT2D eigenvalue weighted by atomic mass is 35.5. The van der Waals surface area contributed by atoms with Crippen LogP contribution in [0.5, 0.6) is 0 Å². The minimum Gasteiger partial charge on any atom is -0.417 e. The number of carbonyl (C=O) groups is 1. The average Bonchev–Trinajstić information content (AvgIpc) is 3.09. The molecule has 6 heteroatoms. The molecule has 0 spiro atoms. The van der Waals surface area contributed by atoms with E-state index in [1.54, 1.807) is 12.1 Å². The predicted molar refractivity (Wildman–Crippen MR) is 90.8 cm³/mol. The van der Waals surface area contributed by atoms with Crippen LogP contribution in [0.25, 0.3) is 0 Å². The van der Waals surface area contributed by atoms with Crippen LogP contribution < -0.4 is 5.32 Å². The summed E-state index contributed by atoms with van der Waals surface area (Å²) in [5, 5.41) is 11.1. The fraction of sp³-hybridized carbons (Fsp3) is 0.167. The Hall–Kier alpha value is -2.66. The first kappa shape index (κ1) is 16.2. The predicted octanol–water partition coefficient (Wildman–Crippen LogP) is 3.44. The lowest BCUT2D eigenvalue weighted by Gasteiger charge is -2.02. The van der Waals surface area contributed by atoms with E-state index in [2.05, 4.69) is 15.5 Å². The summed E-state index contributed by atoms with van der Waals surface area (Å²) in [6, 6.07) is 17.3. The molecule has 0 aliphatic carbocycles. The van der Waals surface area contributed by atoms with Gasteiger partial charge in [-0.1, -0.05) is 54.1 Å². The van der Waals surface area contributed by atoms with Crippen molar-refractivity contribution in [2.75, 3.05) is 0 Å². The molecule has 1 aromatic heterocycles. The second-order valence-corrected chi connectivity index (χ2v) is 5.73. The van der Waals surface area contributed by atoms with Crippen molar-refractivity contribution in [3.63, 3.8) is 0 Å². The lowest BCUT2D eigenvalue weighted by atomic mass is 10.1. The molecule has 3 rings (SSSR count). The first-order valence-corrected chi connectivity index (χ1v) is 7.97. The highest BCUT2D eigenvalue weighted by Crippen LogP contribution is 2.10. The van der Waals surface area contributed by atoms with Crippen LogP contribution in [0, 0.1) is 0 Å². The van der Waals surface area contributed by atoms with Gasteiger partial charge in [-0.15, -0.1) is 10.2 Å². The number of aryl methyl sites for hydroxylation is 2. The maximum Gasteiger partial charge on any atom is 0.309 e. The quantitative estimate of drug-likeness (QED) is 0.745. The van der Waals surface area contributed by atoms with E-state index in [1.165, 1.54) is 5.56 Å². The van der Waals surface area contributed by atoms with Gasteiger partial charge < -0.3 is 9.73 Å². The van der Waals surface area contributed by atoms with Crippen molar-refractivity contribution in [1.82, 2.24) is 15.5 Å². The van der Waals surface area contributed by atoms with E-state index >= 15 is 0 Å². The molecule has 1 N–H and O–H groups in total. The average molecular weight is 342 g/mol. The van der Waals surface area contributed by atoms with Crippen LogP contribution in [-0.4, -0.2) is 16.1 Å². The van der Waals surface area contributed by atoms with Gasteiger partial charge in [0.05, 0.1) is 0 Å². The number of hydrogen-bond acceptors (Lipinski definition) is 4. The molecule has 5 nitrogen and oxygen atoms in total. The number of nitrogens with one attached hydrogen (secondary N) is 1. The standard InChI is InChI=1S/C18H16ClN3O2/c19-15-9-6-14(7-10-15)12-20-17(23)18-22-21-16(24-18)11-8-13-4-2-1-3-5-13/h1-7,9-10H,8,11-12H2,(H,20,23). The normalized spacial score (nSPS) is 10.5. The fourth-order valence-electron chi connectivity index (χ4n) is 2.20. The number of nitrogens with zero attached hydrogens (tertiary/aromatic N) is 2. The molecule has 0 aliphatic heterocycles. The van der Waals surface area contributed by atoms with Gasteiger partial charge in [0, 0.05) is 18.0 Å². The van der Waals surface area contributed by atoms with Gasteiger partial charge in [0.1, 0.15) is 0 Å². The Balaban J connectivity index is 1.52. The maximum absolute atomic E-state index is 12.0. The molecule has 0 saturated carbocycles. The molecule has 24 heavy (non-hydrogen) atoms. The number of benzene rings is 2. The van der Waals surface area contributed by atoms with Gasteiger partial charge in [0.2, 0.25) is 5.89 Å². The van der Waals surface area contributed by atoms with Crippen molar-refractivity contribution >= 4 is 17.5 Å². The van der Waals surface area contributed by atoms with Crippen LogP contribution in [0.1, 0.15) is 27.7 Å². The fourth-order valence-corrected chi connectivity index (χ4v) is 2.33. The van der Waals surface area contributed by atoms with Gasteiger partial charge in [-0.2, -0.15) is 0 Å². The van der Waals surface area contributed by atoms with Crippen molar-refractivity contribution in [1.29, 1.82) is 0 Å². The van der Waals surface area contributed by atoms with E-state index < -0.39 is 0 Å². The first-order valence-electron chi connectivity index (χ1n) is 7.59. The van der Waals surface area contributed by atoms with Crippen LogP contribution in [0.3, 0.4) is 0 Å². The molecular formula is C18H16ClN3O2. The van der Waals surface area contributed by atoms with Gasteiger partial charge in [0.15, 0.2) is 0 Å². The third-order valence-corrected chi connectivity index (χ3v) is 3.75. The van der Waals surface area contributed by atoms with Gasteiger partial charge in [-0.05, 0) is 29.7 Å². The second kappa shape index (κ2) is 7.75. The minimum absolute atomic E-state index is 0.0213. The van der Waals surface area contributed by atoms with Crippen LogP contribution in [0.2, 0.25) is 5.02 Å². The van der Waals surface area contributed by atoms with Crippen molar-refractivity contribution in [3.8, 4) is 0 Å². The maximum atomic E-state index is 12.0. The van der Waals surface area contributed by atoms with Crippen LogP contribution in [-0.2, 0) is 19.4 Å². The number of aromatic nitrogens is 2. The molecule has 3 aromatic rings. The summed E-state index contributed by atoms with van der Waals surface area (Å²) in [7, 11) is 0. The molecular weight excluding hydrogens is 326 g/mol. The summed E-state index contributed by atoms with van der Waals surface area (Å²) in [5.74, 6) is 0.0472. The van der Waals surface area contributed by atoms with E-state index in [9.17, 15) is 4.79 Å². The Morgan fingerprint density at radius 2 is 1.71 bits per heavy atom. The molecule has 1 heterocycles. The molecule has 0 bridgehead atoms. The van der Waals surface area contributed by atoms with Gasteiger partial charge in [-0.3, -0.25) is 4.79 Å². The number of hydrogen-bond donors (Lipinski definition) is 1. The second-order valence-electron chi connectivity index (χ2n) is 5.30. The Labute approximate surface area is 144 Å². The zero-order valence-electron chi connectivity index (χ0n) is 12.9. The summed E-state index contributed by atoms with van der Waals surface area (Å²) >= 11 is 5.83. The van der Waals surface area contributed by atoms with Crippen LogP contribution in [0.15, 0.2) is 59.0 Å². The summed E-state index contributed by atoms with van der Waals surface area (Å²) in [4.78, 5) is 12.0. The topological polar surface area (TPSA) is 68.0 Å².